The van der Waals surface area contributed by atoms with Gasteiger partial charge in [-0.1, -0.05) is 35.9 Å². The smallest absolute Gasteiger partial charge is 0.252 e. The lowest BCUT2D eigenvalue weighted by Gasteiger charge is -2.32. The number of nitrogens with zero attached hydrogens (tertiary/aromatic N) is 1. The Hall–Kier alpha value is -2.11. The number of ketones is 1. The molecule has 2 aliphatic rings. The third-order valence-corrected chi connectivity index (χ3v) is 7.43. The van der Waals surface area contributed by atoms with Crippen LogP contribution in [0, 0.1) is 19.8 Å². The van der Waals surface area contributed by atoms with Crippen LogP contribution in [-0.4, -0.2) is 42.0 Å². The molecular weight excluding hydrogens is 392 g/mol. The lowest BCUT2D eigenvalue weighted by atomic mass is 9.95. The molecule has 0 atom stereocenters. The van der Waals surface area contributed by atoms with E-state index in [1.54, 1.807) is 11.8 Å². The van der Waals surface area contributed by atoms with Crippen LogP contribution in [-0.2, 0) is 6.54 Å². The molecule has 0 unspecified atom stereocenters. The summed E-state index contributed by atoms with van der Waals surface area (Å²) < 4.78 is 0. The molecule has 1 amide bonds. The fourth-order valence-corrected chi connectivity index (χ4v) is 5.51. The molecule has 1 saturated heterocycles. The third kappa shape index (κ3) is 4.79. The van der Waals surface area contributed by atoms with E-state index in [-0.39, 0.29) is 11.7 Å². The third-order valence-electron chi connectivity index (χ3n) is 6.29. The van der Waals surface area contributed by atoms with Gasteiger partial charge in [0.2, 0.25) is 0 Å². The van der Waals surface area contributed by atoms with Crippen molar-refractivity contribution in [2.45, 2.75) is 44.6 Å². The van der Waals surface area contributed by atoms with Crippen LogP contribution in [0.5, 0.6) is 0 Å². The molecule has 4 rings (SSSR count). The van der Waals surface area contributed by atoms with Gasteiger partial charge in [0.1, 0.15) is 0 Å². The van der Waals surface area contributed by atoms with Gasteiger partial charge in [-0.2, -0.15) is 0 Å². The number of nitrogens with one attached hydrogen (secondary N) is 1. The second-order valence-electron chi connectivity index (χ2n) is 8.56. The highest BCUT2D eigenvalue weighted by atomic mass is 32.2. The Labute approximate surface area is 183 Å². The van der Waals surface area contributed by atoms with Crippen LogP contribution in [0.25, 0.3) is 0 Å². The van der Waals surface area contributed by atoms with Crippen molar-refractivity contribution in [2.24, 2.45) is 5.92 Å². The maximum atomic E-state index is 12.8. The van der Waals surface area contributed by atoms with Gasteiger partial charge < -0.3 is 5.32 Å². The summed E-state index contributed by atoms with van der Waals surface area (Å²) in [4.78, 5) is 28.3. The minimum Gasteiger partial charge on any atom is -0.352 e. The molecule has 0 saturated carbocycles. The Kier molecular flexibility index (Phi) is 6.59. The molecule has 0 aromatic heterocycles. The quantitative estimate of drug-likeness (QED) is 0.764. The van der Waals surface area contributed by atoms with E-state index in [1.165, 1.54) is 16.7 Å². The van der Waals surface area contributed by atoms with Crippen LogP contribution in [0.4, 0.5) is 0 Å². The van der Waals surface area contributed by atoms with Gasteiger partial charge in [-0.05, 0) is 62.9 Å². The van der Waals surface area contributed by atoms with Gasteiger partial charge in [0.05, 0.1) is 5.56 Å². The first-order valence-corrected chi connectivity index (χ1v) is 11.9. The standard InChI is InChI=1S/C25H30N2O2S/c1-17-6-7-18(2)20(14-17)16-27-11-8-19(9-12-27)15-26-25(29)22-5-3-4-21-23(28)10-13-30-24(21)22/h3-7,14,19H,8-13,15-16H2,1-2H3,(H,26,29). The minimum atomic E-state index is -0.0492. The average Bonchev–Trinajstić information content (AvgIpc) is 2.75. The first-order valence-electron chi connectivity index (χ1n) is 10.9. The number of fused-ring (bicyclic) bond motifs is 1. The van der Waals surface area contributed by atoms with Crippen LogP contribution in [0.2, 0.25) is 0 Å². The minimum absolute atomic E-state index is 0.0492. The summed E-state index contributed by atoms with van der Waals surface area (Å²) in [5.74, 6) is 1.37. The molecule has 158 valence electrons. The maximum absolute atomic E-state index is 12.8. The topological polar surface area (TPSA) is 49.4 Å². The van der Waals surface area contributed by atoms with Gasteiger partial charge in [-0.15, -0.1) is 11.8 Å². The van der Waals surface area contributed by atoms with E-state index in [9.17, 15) is 9.59 Å². The number of carbonyl (C=O) groups excluding carboxylic acids is 2. The van der Waals surface area contributed by atoms with Crippen molar-refractivity contribution in [3.63, 3.8) is 0 Å². The predicted molar refractivity (Wildman–Crippen MR) is 122 cm³/mol. The van der Waals surface area contributed by atoms with Gasteiger partial charge >= 0.3 is 0 Å². The normalized spacial score (nSPS) is 17.6. The van der Waals surface area contributed by atoms with Crippen LogP contribution in [0.3, 0.4) is 0 Å². The first-order chi connectivity index (χ1) is 14.5. The van der Waals surface area contributed by atoms with E-state index in [0.717, 1.165) is 43.1 Å². The van der Waals surface area contributed by atoms with Crippen molar-refractivity contribution in [1.29, 1.82) is 0 Å². The zero-order valence-electron chi connectivity index (χ0n) is 17.9. The van der Waals surface area contributed by atoms with E-state index in [0.29, 0.717) is 30.0 Å². The number of piperidine rings is 1. The summed E-state index contributed by atoms with van der Waals surface area (Å²) >= 11 is 1.62. The summed E-state index contributed by atoms with van der Waals surface area (Å²) in [5, 5.41) is 3.13. The molecule has 2 aromatic carbocycles. The number of thioether (sulfide) groups is 1. The average molecular weight is 423 g/mol. The first kappa shape index (κ1) is 21.1. The number of benzene rings is 2. The fourth-order valence-electron chi connectivity index (χ4n) is 4.36. The summed E-state index contributed by atoms with van der Waals surface area (Å²) in [7, 11) is 0. The van der Waals surface area contributed by atoms with Crippen LogP contribution in [0.15, 0.2) is 41.3 Å². The zero-order valence-corrected chi connectivity index (χ0v) is 18.7. The van der Waals surface area contributed by atoms with E-state index < -0.39 is 0 Å². The fraction of sp³-hybridized carbons (Fsp3) is 0.440. The Morgan fingerprint density at radius 1 is 1.17 bits per heavy atom. The van der Waals surface area contributed by atoms with Crippen molar-refractivity contribution in [2.75, 3.05) is 25.4 Å². The highest BCUT2D eigenvalue weighted by molar-refractivity contribution is 7.99. The SMILES string of the molecule is Cc1ccc(C)c(CN2CCC(CNC(=O)c3cccc4c3SCCC4=O)CC2)c1. The van der Waals surface area contributed by atoms with Crippen molar-refractivity contribution in [3.8, 4) is 0 Å². The van der Waals surface area contributed by atoms with Crippen molar-refractivity contribution in [3.05, 3.63) is 64.2 Å². The molecule has 2 aromatic rings. The highest BCUT2D eigenvalue weighted by Gasteiger charge is 2.24. The molecule has 1 fully saturated rings. The van der Waals surface area contributed by atoms with Crippen molar-refractivity contribution < 1.29 is 9.59 Å². The van der Waals surface area contributed by atoms with Gasteiger partial charge in [-0.3, -0.25) is 14.5 Å². The second-order valence-corrected chi connectivity index (χ2v) is 9.67. The molecule has 0 radical (unpaired) electrons. The van der Waals surface area contributed by atoms with Crippen molar-refractivity contribution >= 4 is 23.5 Å². The van der Waals surface area contributed by atoms with Crippen LogP contribution < -0.4 is 5.32 Å². The molecule has 2 aliphatic heterocycles. The Morgan fingerprint density at radius 2 is 1.97 bits per heavy atom. The van der Waals surface area contributed by atoms with Gasteiger partial charge in [-0.25, -0.2) is 0 Å². The molecule has 0 spiro atoms. The van der Waals surface area contributed by atoms with E-state index in [4.69, 9.17) is 0 Å². The number of Topliss-reactive ketones (excluding diaryl/α,β-unsaturated/α-hetero) is 1. The molecule has 2 heterocycles. The number of aryl methyl sites for hydroxylation is 2. The van der Waals surface area contributed by atoms with Gasteiger partial charge in [0.25, 0.3) is 5.91 Å². The largest absolute Gasteiger partial charge is 0.352 e. The molecule has 4 nitrogen and oxygen atoms in total. The van der Waals surface area contributed by atoms with Crippen LogP contribution >= 0.6 is 11.8 Å². The Balaban J connectivity index is 1.29. The van der Waals surface area contributed by atoms with E-state index in [1.807, 2.05) is 18.2 Å². The number of carbonyl (C=O) groups is 2. The monoisotopic (exact) mass is 422 g/mol. The number of hydrogen-bond donors (Lipinski definition) is 1. The van der Waals surface area contributed by atoms with Gasteiger partial charge in [0.15, 0.2) is 5.78 Å². The Morgan fingerprint density at radius 3 is 2.77 bits per heavy atom. The van der Waals surface area contributed by atoms with Crippen molar-refractivity contribution in [1.82, 2.24) is 10.2 Å². The molecule has 5 heteroatoms. The van der Waals surface area contributed by atoms with Gasteiger partial charge in [0, 0.05) is 35.7 Å². The lowest BCUT2D eigenvalue weighted by molar-refractivity contribution is 0.0932. The summed E-state index contributed by atoms with van der Waals surface area (Å²) in [6, 6.07) is 12.2. The molecule has 0 bridgehead atoms. The van der Waals surface area contributed by atoms with Crippen LogP contribution in [0.1, 0.15) is 56.7 Å². The number of rotatable bonds is 5. The summed E-state index contributed by atoms with van der Waals surface area (Å²) in [5.41, 5.74) is 5.45. The van der Waals surface area contributed by atoms with E-state index >= 15 is 0 Å². The highest BCUT2D eigenvalue weighted by Crippen LogP contribution is 2.33. The molecule has 0 aliphatic carbocycles. The number of amides is 1. The molecule has 30 heavy (non-hydrogen) atoms. The lowest BCUT2D eigenvalue weighted by Crippen LogP contribution is -2.38. The predicted octanol–water partition coefficient (Wildman–Crippen LogP) is 4.62. The Bertz CT molecular complexity index is 948. The molecule has 1 N–H and O–H groups in total. The summed E-state index contributed by atoms with van der Waals surface area (Å²) in [6.45, 7) is 8.19. The number of likely N-dealkylation sites (tertiary alicyclic amines) is 1. The second kappa shape index (κ2) is 9.36. The number of hydrogen-bond acceptors (Lipinski definition) is 4. The maximum Gasteiger partial charge on any atom is 0.252 e. The molecular formula is C25H30N2O2S. The van der Waals surface area contributed by atoms with E-state index in [2.05, 4.69) is 42.3 Å². The summed E-state index contributed by atoms with van der Waals surface area (Å²) in [6.07, 6.45) is 2.76. The zero-order chi connectivity index (χ0) is 21.1.